The number of carboxylic acid groups (broad SMARTS) is 1. The van der Waals surface area contributed by atoms with Crippen molar-refractivity contribution in [3.63, 3.8) is 0 Å². The summed E-state index contributed by atoms with van der Waals surface area (Å²) in [5, 5.41) is 12.1. The first-order valence-electron chi connectivity index (χ1n) is 7.54. The molecule has 0 radical (unpaired) electrons. The number of hydrogen-bond acceptors (Lipinski definition) is 3. The average molecular weight is 342 g/mol. The van der Waals surface area contributed by atoms with Crippen molar-refractivity contribution in [1.82, 2.24) is 5.32 Å². The molecular formula is C17H24ClNO4. The highest BCUT2D eigenvalue weighted by Gasteiger charge is 2.26. The third-order valence-corrected chi connectivity index (χ3v) is 3.70. The van der Waals surface area contributed by atoms with E-state index < -0.39 is 23.5 Å². The van der Waals surface area contributed by atoms with Crippen molar-refractivity contribution < 1.29 is 19.4 Å². The molecule has 0 unspecified atom stereocenters. The van der Waals surface area contributed by atoms with Crippen LogP contribution in [-0.4, -0.2) is 29.8 Å². The van der Waals surface area contributed by atoms with Gasteiger partial charge in [-0.3, -0.25) is 0 Å². The maximum atomic E-state index is 11.9. The van der Waals surface area contributed by atoms with Crippen LogP contribution in [0.2, 0.25) is 5.02 Å². The van der Waals surface area contributed by atoms with E-state index in [2.05, 4.69) is 5.32 Å². The molecular weight excluding hydrogens is 318 g/mol. The van der Waals surface area contributed by atoms with Gasteiger partial charge in [-0.2, -0.15) is 0 Å². The predicted octanol–water partition coefficient (Wildman–Crippen LogP) is 3.84. The molecule has 0 fully saturated rings. The number of aliphatic carboxylic acids is 1. The summed E-state index contributed by atoms with van der Waals surface area (Å²) >= 11 is 5.98. The third-order valence-electron chi connectivity index (χ3n) is 3.47. The van der Waals surface area contributed by atoms with E-state index in [0.717, 1.165) is 5.56 Å². The Bertz CT molecular complexity index is 557. The van der Waals surface area contributed by atoms with Crippen LogP contribution < -0.4 is 5.32 Å². The number of benzene rings is 1. The molecule has 6 heteroatoms. The number of rotatable bonds is 7. The summed E-state index contributed by atoms with van der Waals surface area (Å²) in [6.07, 6.45) is -0.379. The molecule has 1 atom stereocenters. The third kappa shape index (κ3) is 6.48. The molecule has 1 aromatic rings. The second-order valence-electron chi connectivity index (χ2n) is 6.64. The maximum absolute atomic E-state index is 11.9. The molecule has 0 aliphatic rings. The Hall–Kier alpha value is -1.75. The summed E-state index contributed by atoms with van der Waals surface area (Å²) in [4.78, 5) is 23.0. The Morgan fingerprint density at radius 3 is 2.52 bits per heavy atom. The summed E-state index contributed by atoms with van der Waals surface area (Å²) in [6, 6.07) is 6.39. The van der Waals surface area contributed by atoms with Gasteiger partial charge in [0.05, 0.1) is 0 Å². The lowest BCUT2D eigenvalue weighted by Gasteiger charge is -2.25. The molecule has 0 saturated heterocycles. The van der Waals surface area contributed by atoms with Crippen LogP contribution in [0.5, 0.6) is 0 Å². The van der Waals surface area contributed by atoms with E-state index in [1.54, 1.807) is 6.07 Å². The van der Waals surface area contributed by atoms with Gasteiger partial charge < -0.3 is 15.2 Å². The van der Waals surface area contributed by atoms with E-state index in [-0.39, 0.29) is 12.5 Å². The molecule has 0 saturated carbocycles. The Morgan fingerprint density at radius 1 is 1.35 bits per heavy atom. The summed E-state index contributed by atoms with van der Waals surface area (Å²) < 4.78 is 5.21. The first-order valence-corrected chi connectivity index (χ1v) is 7.92. The first-order chi connectivity index (χ1) is 10.6. The number of carbonyl (C=O) groups is 2. The van der Waals surface area contributed by atoms with Gasteiger partial charge in [-0.25, -0.2) is 9.59 Å². The lowest BCUT2D eigenvalue weighted by atomic mass is 9.86. The lowest BCUT2D eigenvalue weighted by molar-refractivity contribution is -0.139. The first kappa shape index (κ1) is 19.3. The van der Waals surface area contributed by atoms with Crippen molar-refractivity contribution in [2.24, 2.45) is 5.92 Å². The minimum absolute atomic E-state index is 0.118. The quantitative estimate of drug-likeness (QED) is 0.790. The van der Waals surface area contributed by atoms with Crippen molar-refractivity contribution in [3.05, 3.63) is 34.9 Å². The largest absolute Gasteiger partial charge is 0.480 e. The molecule has 1 aromatic carbocycles. The molecule has 0 spiro atoms. The molecule has 128 valence electrons. The zero-order chi connectivity index (χ0) is 17.6. The van der Waals surface area contributed by atoms with Gasteiger partial charge in [0.25, 0.3) is 0 Å². The smallest absolute Gasteiger partial charge is 0.407 e. The highest BCUT2D eigenvalue weighted by Crippen LogP contribution is 2.25. The summed E-state index contributed by atoms with van der Waals surface area (Å²) in [5.41, 5.74) is 0.508. The van der Waals surface area contributed by atoms with Crippen LogP contribution in [0.1, 0.15) is 39.7 Å². The van der Waals surface area contributed by atoms with Gasteiger partial charge in [0.15, 0.2) is 0 Å². The van der Waals surface area contributed by atoms with Gasteiger partial charge >= 0.3 is 12.1 Å². The van der Waals surface area contributed by atoms with Crippen LogP contribution in [0.15, 0.2) is 24.3 Å². The Labute approximate surface area is 142 Å². The summed E-state index contributed by atoms with van der Waals surface area (Å²) in [6.45, 7) is 7.76. The predicted molar refractivity (Wildman–Crippen MR) is 89.8 cm³/mol. The van der Waals surface area contributed by atoms with Crippen molar-refractivity contribution in [2.75, 3.05) is 6.61 Å². The van der Waals surface area contributed by atoms with Gasteiger partial charge in [-0.1, -0.05) is 51.4 Å². The van der Waals surface area contributed by atoms with Crippen LogP contribution in [0.3, 0.4) is 0 Å². The molecule has 0 aromatic heterocycles. The number of amides is 1. The molecule has 0 aliphatic carbocycles. The second kappa shape index (κ2) is 8.20. The number of carbonyl (C=O) groups excluding carboxylic acids is 1. The Balaban J connectivity index is 2.62. The second-order valence-corrected chi connectivity index (χ2v) is 7.07. The molecule has 1 amide bonds. The van der Waals surface area contributed by atoms with Gasteiger partial charge in [-0.15, -0.1) is 0 Å². The SMILES string of the molecule is CC(C)C[C@H](NC(=O)OCC(C)(C)c1cccc(Cl)c1)C(=O)O. The van der Waals surface area contributed by atoms with E-state index in [4.69, 9.17) is 21.4 Å². The van der Waals surface area contributed by atoms with Gasteiger partial charge in [0.2, 0.25) is 0 Å². The fourth-order valence-corrected chi connectivity index (χ4v) is 2.31. The zero-order valence-electron chi connectivity index (χ0n) is 13.9. The average Bonchev–Trinajstić information content (AvgIpc) is 2.44. The number of nitrogens with one attached hydrogen (secondary N) is 1. The Morgan fingerprint density at radius 2 is 2.00 bits per heavy atom. The number of ether oxygens (including phenoxy) is 1. The van der Waals surface area contributed by atoms with Crippen molar-refractivity contribution in [3.8, 4) is 0 Å². The minimum Gasteiger partial charge on any atom is -0.480 e. The molecule has 1 rings (SSSR count). The van der Waals surface area contributed by atoms with E-state index in [1.165, 1.54) is 0 Å². The highest BCUT2D eigenvalue weighted by molar-refractivity contribution is 6.30. The molecule has 0 heterocycles. The van der Waals surface area contributed by atoms with Crippen LogP contribution in [-0.2, 0) is 14.9 Å². The lowest BCUT2D eigenvalue weighted by Crippen LogP contribution is -2.43. The van der Waals surface area contributed by atoms with Crippen LogP contribution >= 0.6 is 11.6 Å². The summed E-state index contributed by atoms with van der Waals surface area (Å²) in [7, 11) is 0. The molecule has 23 heavy (non-hydrogen) atoms. The van der Waals surface area contributed by atoms with E-state index in [1.807, 2.05) is 45.9 Å². The van der Waals surface area contributed by atoms with E-state index >= 15 is 0 Å². The standard InChI is InChI=1S/C17H24ClNO4/c1-11(2)8-14(15(20)21)19-16(22)23-10-17(3,4)12-6-5-7-13(18)9-12/h5-7,9,11,14H,8,10H2,1-4H3,(H,19,22)(H,20,21)/t14-/m0/s1. The summed E-state index contributed by atoms with van der Waals surface area (Å²) in [5.74, 6) is -0.913. The van der Waals surface area contributed by atoms with Crippen LogP contribution in [0.4, 0.5) is 4.79 Å². The van der Waals surface area contributed by atoms with Crippen LogP contribution in [0.25, 0.3) is 0 Å². The fourth-order valence-electron chi connectivity index (χ4n) is 2.12. The molecule has 0 bridgehead atoms. The van der Waals surface area contributed by atoms with E-state index in [0.29, 0.717) is 11.4 Å². The van der Waals surface area contributed by atoms with Crippen molar-refractivity contribution in [2.45, 2.75) is 45.6 Å². The van der Waals surface area contributed by atoms with Crippen LogP contribution in [0, 0.1) is 5.92 Å². The van der Waals surface area contributed by atoms with Crippen molar-refractivity contribution >= 4 is 23.7 Å². The number of alkyl carbamates (subject to hydrolysis) is 1. The zero-order valence-corrected chi connectivity index (χ0v) is 14.7. The monoisotopic (exact) mass is 341 g/mol. The molecule has 2 N–H and O–H groups in total. The Kier molecular flexibility index (Phi) is 6.88. The highest BCUT2D eigenvalue weighted by atomic mass is 35.5. The van der Waals surface area contributed by atoms with Crippen molar-refractivity contribution in [1.29, 1.82) is 0 Å². The van der Waals surface area contributed by atoms with Gasteiger partial charge in [0, 0.05) is 10.4 Å². The van der Waals surface area contributed by atoms with Gasteiger partial charge in [0.1, 0.15) is 12.6 Å². The maximum Gasteiger partial charge on any atom is 0.407 e. The number of hydrogen-bond donors (Lipinski definition) is 2. The molecule has 5 nitrogen and oxygen atoms in total. The fraction of sp³-hybridized carbons (Fsp3) is 0.529. The van der Waals surface area contributed by atoms with E-state index in [9.17, 15) is 9.59 Å². The number of carboxylic acids is 1. The topological polar surface area (TPSA) is 75.6 Å². The van der Waals surface area contributed by atoms with Gasteiger partial charge in [-0.05, 0) is 30.0 Å². The molecule has 0 aliphatic heterocycles. The minimum atomic E-state index is -1.07. The number of halogens is 1. The normalized spacial score (nSPS) is 12.8.